The second-order valence-electron chi connectivity index (χ2n) is 7.77. The van der Waals surface area contributed by atoms with Gasteiger partial charge in [-0.1, -0.05) is 0 Å². The summed E-state index contributed by atoms with van der Waals surface area (Å²) < 4.78 is 1.99. The Morgan fingerprint density at radius 3 is 2.68 bits per heavy atom. The van der Waals surface area contributed by atoms with E-state index in [1.54, 1.807) is 6.33 Å². The molecule has 1 aromatic carbocycles. The highest BCUT2D eigenvalue weighted by Gasteiger charge is 2.21. The quantitative estimate of drug-likeness (QED) is 0.507. The maximum absolute atomic E-state index is 6.03. The molecule has 3 aromatic heterocycles. The summed E-state index contributed by atoms with van der Waals surface area (Å²) in [5.74, 6) is 1.34. The maximum atomic E-state index is 6.03. The molecule has 8 nitrogen and oxygen atoms in total. The second-order valence-corrected chi connectivity index (χ2v) is 7.77. The molecule has 0 amide bonds. The number of hydrogen-bond acceptors (Lipinski definition) is 6. The van der Waals surface area contributed by atoms with Gasteiger partial charge in [0.2, 0.25) is 5.95 Å². The van der Waals surface area contributed by atoms with E-state index in [9.17, 15) is 0 Å². The molecular weight excluding hydrogens is 352 g/mol. The van der Waals surface area contributed by atoms with Crippen molar-refractivity contribution in [2.24, 2.45) is 5.73 Å². The fraction of sp³-hybridized carbons (Fsp3) is 0.400. The number of anilines is 1. The largest absolute Gasteiger partial charge is 0.351 e. The molecule has 1 fully saturated rings. The van der Waals surface area contributed by atoms with Crippen molar-refractivity contribution in [3.05, 3.63) is 35.9 Å². The first kappa shape index (κ1) is 17.1. The number of nitrogens with two attached hydrogens (primary N) is 1. The highest BCUT2D eigenvalue weighted by Crippen LogP contribution is 2.26. The SMILES string of the molecule is Cc1cc2ncn(-c3nc(N[C@H]4CC[C@H](N)CC4)nc4[nH]cnc34)c2cc1C. The minimum atomic E-state index is 0.314. The Labute approximate surface area is 162 Å². The summed E-state index contributed by atoms with van der Waals surface area (Å²) in [6.45, 7) is 4.21. The Bertz CT molecular complexity index is 1150. The molecule has 8 heteroatoms. The van der Waals surface area contributed by atoms with Crippen LogP contribution in [-0.4, -0.2) is 41.6 Å². The molecule has 0 radical (unpaired) electrons. The molecule has 3 heterocycles. The number of hydrogen-bond donors (Lipinski definition) is 3. The van der Waals surface area contributed by atoms with E-state index in [0.717, 1.165) is 48.1 Å². The Morgan fingerprint density at radius 2 is 1.86 bits per heavy atom. The van der Waals surface area contributed by atoms with Gasteiger partial charge in [-0.2, -0.15) is 9.97 Å². The number of benzene rings is 1. The van der Waals surface area contributed by atoms with Crippen LogP contribution in [0.4, 0.5) is 5.95 Å². The molecule has 0 spiro atoms. The number of H-pyrrole nitrogens is 1. The van der Waals surface area contributed by atoms with Crippen molar-refractivity contribution in [2.45, 2.75) is 51.6 Å². The average Bonchev–Trinajstić information content (AvgIpc) is 3.30. The Hall–Kier alpha value is -3.00. The molecule has 4 N–H and O–H groups in total. The monoisotopic (exact) mass is 376 g/mol. The number of imidazole rings is 2. The summed E-state index contributed by atoms with van der Waals surface area (Å²) in [5.41, 5.74) is 11.9. The topological polar surface area (TPSA) is 110 Å². The summed E-state index contributed by atoms with van der Waals surface area (Å²) in [6, 6.07) is 4.91. The van der Waals surface area contributed by atoms with Gasteiger partial charge in [-0.15, -0.1) is 0 Å². The van der Waals surface area contributed by atoms with E-state index < -0.39 is 0 Å². The van der Waals surface area contributed by atoms with Crippen LogP contribution in [0, 0.1) is 13.8 Å². The van der Waals surface area contributed by atoms with Crippen LogP contribution in [0.5, 0.6) is 0 Å². The van der Waals surface area contributed by atoms with Gasteiger partial charge in [0.1, 0.15) is 6.33 Å². The van der Waals surface area contributed by atoms with E-state index in [4.69, 9.17) is 10.7 Å². The summed E-state index contributed by atoms with van der Waals surface area (Å²) in [5, 5.41) is 3.49. The number of aryl methyl sites for hydroxylation is 2. The fourth-order valence-electron chi connectivity index (χ4n) is 3.93. The highest BCUT2D eigenvalue weighted by molar-refractivity contribution is 5.85. The summed E-state index contributed by atoms with van der Waals surface area (Å²) in [6.07, 6.45) is 7.59. The van der Waals surface area contributed by atoms with Gasteiger partial charge in [-0.05, 0) is 62.8 Å². The molecule has 0 aliphatic heterocycles. The van der Waals surface area contributed by atoms with Crippen LogP contribution < -0.4 is 11.1 Å². The first-order chi connectivity index (χ1) is 13.6. The standard InChI is InChI=1S/C20H24N8/c1-11-7-15-16(8-12(11)2)28(10-24-15)19-17-18(23-9-22-17)26-20(27-19)25-14-5-3-13(21)4-6-14/h7-10,13-14H,3-6,21H2,1-2H3,(H2,22,23,25,26,27)/t13-,14-. The molecule has 5 rings (SSSR count). The first-order valence-corrected chi connectivity index (χ1v) is 9.76. The average molecular weight is 376 g/mol. The molecule has 0 saturated heterocycles. The number of fused-ring (bicyclic) bond motifs is 2. The lowest BCUT2D eigenvalue weighted by atomic mass is 9.92. The van der Waals surface area contributed by atoms with Crippen LogP contribution in [0.25, 0.3) is 28.0 Å². The van der Waals surface area contributed by atoms with Gasteiger partial charge >= 0.3 is 0 Å². The van der Waals surface area contributed by atoms with Crippen molar-refractivity contribution in [1.29, 1.82) is 0 Å². The van der Waals surface area contributed by atoms with Crippen LogP contribution in [0.1, 0.15) is 36.8 Å². The molecular formula is C20H24N8. The lowest BCUT2D eigenvalue weighted by Gasteiger charge is -2.26. The maximum Gasteiger partial charge on any atom is 0.227 e. The van der Waals surface area contributed by atoms with E-state index in [2.05, 4.69) is 51.2 Å². The van der Waals surface area contributed by atoms with E-state index >= 15 is 0 Å². The van der Waals surface area contributed by atoms with Crippen molar-refractivity contribution in [3.63, 3.8) is 0 Å². The Kier molecular flexibility index (Phi) is 4.01. The number of nitrogens with zero attached hydrogens (tertiary/aromatic N) is 5. The van der Waals surface area contributed by atoms with E-state index in [1.165, 1.54) is 11.1 Å². The predicted octanol–water partition coefficient (Wildman–Crippen LogP) is 2.99. The van der Waals surface area contributed by atoms with E-state index in [-0.39, 0.29) is 0 Å². The zero-order valence-corrected chi connectivity index (χ0v) is 16.1. The van der Waals surface area contributed by atoms with Gasteiger partial charge in [-0.25, -0.2) is 9.97 Å². The van der Waals surface area contributed by atoms with Gasteiger partial charge in [0.05, 0.1) is 17.4 Å². The van der Waals surface area contributed by atoms with E-state index in [1.807, 2.05) is 10.9 Å². The Morgan fingerprint density at radius 1 is 1.07 bits per heavy atom. The van der Waals surface area contributed by atoms with Gasteiger partial charge < -0.3 is 16.0 Å². The minimum absolute atomic E-state index is 0.314. The second kappa shape index (κ2) is 6.56. The van der Waals surface area contributed by atoms with Crippen LogP contribution >= 0.6 is 0 Å². The van der Waals surface area contributed by atoms with Crippen molar-refractivity contribution in [3.8, 4) is 5.82 Å². The van der Waals surface area contributed by atoms with E-state index in [0.29, 0.717) is 23.7 Å². The van der Waals surface area contributed by atoms with Gasteiger partial charge in [0.25, 0.3) is 0 Å². The molecule has 144 valence electrons. The summed E-state index contributed by atoms with van der Waals surface area (Å²) in [7, 11) is 0. The molecule has 4 aromatic rings. The molecule has 0 bridgehead atoms. The third kappa shape index (κ3) is 2.90. The first-order valence-electron chi connectivity index (χ1n) is 9.76. The normalized spacial score (nSPS) is 20.1. The molecule has 0 atom stereocenters. The van der Waals surface area contributed by atoms with Gasteiger partial charge in [-0.3, -0.25) is 4.57 Å². The van der Waals surface area contributed by atoms with Crippen LogP contribution in [0.2, 0.25) is 0 Å². The number of aromatic nitrogens is 6. The lowest BCUT2D eigenvalue weighted by Crippen LogP contribution is -2.33. The van der Waals surface area contributed by atoms with Crippen LogP contribution in [-0.2, 0) is 0 Å². The zero-order valence-electron chi connectivity index (χ0n) is 16.1. The van der Waals surface area contributed by atoms with Gasteiger partial charge in [0.15, 0.2) is 17.0 Å². The summed E-state index contributed by atoms with van der Waals surface area (Å²) in [4.78, 5) is 21.6. The van der Waals surface area contributed by atoms with Crippen molar-refractivity contribution < 1.29 is 0 Å². The van der Waals surface area contributed by atoms with Crippen molar-refractivity contribution >= 4 is 28.1 Å². The number of rotatable bonds is 3. The third-order valence-corrected chi connectivity index (χ3v) is 5.76. The fourth-order valence-corrected chi connectivity index (χ4v) is 3.93. The molecule has 1 aliphatic rings. The molecule has 0 unspecified atom stereocenters. The predicted molar refractivity (Wildman–Crippen MR) is 110 cm³/mol. The zero-order chi connectivity index (χ0) is 19.3. The van der Waals surface area contributed by atoms with Gasteiger partial charge in [0, 0.05) is 12.1 Å². The molecule has 28 heavy (non-hydrogen) atoms. The smallest absolute Gasteiger partial charge is 0.227 e. The van der Waals surface area contributed by atoms with Crippen molar-refractivity contribution in [2.75, 3.05) is 5.32 Å². The highest BCUT2D eigenvalue weighted by atomic mass is 15.2. The van der Waals surface area contributed by atoms with Crippen LogP contribution in [0.3, 0.4) is 0 Å². The number of aromatic amines is 1. The molecule has 1 saturated carbocycles. The van der Waals surface area contributed by atoms with Crippen molar-refractivity contribution in [1.82, 2.24) is 29.5 Å². The third-order valence-electron chi connectivity index (χ3n) is 5.76. The molecule has 1 aliphatic carbocycles. The van der Waals surface area contributed by atoms with Crippen LogP contribution in [0.15, 0.2) is 24.8 Å². The summed E-state index contributed by atoms with van der Waals surface area (Å²) >= 11 is 0. The Balaban J connectivity index is 1.59. The lowest BCUT2D eigenvalue weighted by molar-refractivity contribution is 0.410. The number of nitrogens with one attached hydrogen (secondary N) is 2. The minimum Gasteiger partial charge on any atom is -0.351 e.